The van der Waals surface area contributed by atoms with Crippen molar-refractivity contribution in [3.05, 3.63) is 25.3 Å². The predicted molar refractivity (Wildman–Crippen MR) is 133 cm³/mol. The number of ether oxygens (including phenoxy) is 3. The SMILES string of the molecule is Nc1ncnc2c1ncn2C1OC2COP(=O)(O)OC3C(F)C(OC3n3cnc4c(N)ncnc43)C(O)COC2C1F. The van der Waals surface area contributed by atoms with E-state index in [-0.39, 0.29) is 34.0 Å². The molecule has 0 amide bonds. The van der Waals surface area contributed by atoms with E-state index < -0.39 is 76.4 Å². The summed E-state index contributed by atoms with van der Waals surface area (Å²) in [6.45, 7) is -1.30. The zero-order valence-electron chi connectivity index (χ0n) is 21.2. The summed E-state index contributed by atoms with van der Waals surface area (Å²) in [4.78, 5) is 34.6. The van der Waals surface area contributed by atoms with Crippen LogP contribution < -0.4 is 11.5 Å². The number of imidazole rings is 2. The van der Waals surface area contributed by atoms with Crippen molar-refractivity contribution < 1.29 is 46.6 Å². The van der Waals surface area contributed by atoms with Crippen molar-refractivity contribution >= 4 is 41.8 Å². The second kappa shape index (κ2) is 10.1. The van der Waals surface area contributed by atoms with Crippen LogP contribution in [0.4, 0.5) is 20.4 Å². The number of hydrogen-bond acceptors (Lipinski definition) is 15. The molecule has 3 saturated heterocycles. The minimum Gasteiger partial charge on any atom is -0.388 e. The zero-order chi connectivity index (χ0) is 29.3. The van der Waals surface area contributed by atoms with Gasteiger partial charge >= 0.3 is 7.82 Å². The lowest BCUT2D eigenvalue weighted by Crippen LogP contribution is -2.43. The molecule has 4 aromatic rings. The number of alkyl halides is 2. The van der Waals surface area contributed by atoms with Crippen LogP contribution in [0.5, 0.6) is 0 Å². The van der Waals surface area contributed by atoms with E-state index in [1.165, 1.54) is 28.1 Å². The highest BCUT2D eigenvalue weighted by Gasteiger charge is 2.55. The molecule has 3 aliphatic rings. The number of rotatable bonds is 2. The Hall–Kier alpha value is -3.49. The number of halogens is 2. The number of nitrogens with two attached hydrogens (primary N) is 2. The zero-order valence-corrected chi connectivity index (χ0v) is 22.1. The van der Waals surface area contributed by atoms with Gasteiger partial charge in [0.2, 0.25) is 0 Å². The number of phosphoric acid groups is 1. The van der Waals surface area contributed by atoms with Gasteiger partial charge in [0.25, 0.3) is 0 Å². The van der Waals surface area contributed by atoms with Crippen LogP contribution in [0.3, 0.4) is 0 Å². The molecule has 2 bridgehead atoms. The van der Waals surface area contributed by atoms with E-state index in [0.717, 1.165) is 6.33 Å². The number of aliphatic hydroxyl groups is 1. The van der Waals surface area contributed by atoms with Crippen molar-refractivity contribution in [1.29, 1.82) is 0 Å². The van der Waals surface area contributed by atoms with Gasteiger partial charge in [0.15, 0.2) is 47.7 Å². The van der Waals surface area contributed by atoms with Gasteiger partial charge in [-0.3, -0.25) is 18.2 Å². The van der Waals surface area contributed by atoms with Crippen LogP contribution in [0.15, 0.2) is 25.3 Å². The third-order valence-corrected chi connectivity index (χ3v) is 8.28. The molecular weight excluding hydrogens is 589 g/mol. The van der Waals surface area contributed by atoms with Crippen molar-refractivity contribution in [2.45, 2.75) is 55.3 Å². The standard InChI is InChI=1S/C21H23F2N10O8P/c22-9-13-7(34)1-37-14-8(39-20(10(14)23)32-5-30-11-16(24)26-3-28-18(11)32)2-38-42(35,36)41-15(9)21(40-13)33-6-31-12-17(25)27-4-29-19(12)33/h3-10,13-15,20-21,34H,1-2H2,(H,35,36)(H2,24,26,28)(H2,25,27,29). The molecule has 0 radical (unpaired) electrons. The maximum atomic E-state index is 15.8. The van der Waals surface area contributed by atoms with Gasteiger partial charge in [-0.25, -0.2) is 43.2 Å². The van der Waals surface area contributed by atoms with Crippen molar-refractivity contribution in [2.75, 3.05) is 24.7 Å². The highest BCUT2D eigenvalue weighted by Crippen LogP contribution is 2.51. The third-order valence-electron chi connectivity index (χ3n) is 7.29. The molecule has 18 nitrogen and oxygen atoms in total. The van der Waals surface area contributed by atoms with E-state index in [1.54, 1.807) is 0 Å². The number of nitrogens with zero attached hydrogens (tertiary/aromatic N) is 8. The van der Waals surface area contributed by atoms with E-state index >= 15 is 8.78 Å². The Labute approximate surface area is 233 Å². The highest BCUT2D eigenvalue weighted by molar-refractivity contribution is 7.47. The number of nitrogen functional groups attached to an aromatic ring is 2. The summed E-state index contributed by atoms with van der Waals surface area (Å²) in [5.74, 6) is 0.0942. The summed E-state index contributed by atoms with van der Waals surface area (Å²) in [5.41, 5.74) is 12.3. The molecule has 6 N–H and O–H groups in total. The third kappa shape index (κ3) is 4.38. The maximum Gasteiger partial charge on any atom is 0.472 e. The first-order valence-electron chi connectivity index (χ1n) is 12.5. The van der Waals surface area contributed by atoms with Crippen LogP contribution in [0.25, 0.3) is 22.3 Å². The smallest absolute Gasteiger partial charge is 0.388 e. The summed E-state index contributed by atoms with van der Waals surface area (Å²) in [6, 6.07) is 0. The second-order valence-corrected chi connectivity index (χ2v) is 11.2. The molecule has 7 heterocycles. The largest absolute Gasteiger partial charge is 0.472 e. The van der Waals surface area contributed by atoms with Crippen molar-refractivity contribution in [3.8, 4) is 0 Å². The van der Waals surface area contributed by atoms with Crippen LogP contribution in [0.1, 0.15) is 12.5 Å². The molecule has 3 aliphatic heterocycles. The second-order valence-electron chi connectivity index (χ2n) is 9.81. The minimum atomic E-state index is -5.05. The van der Waals surface area contributed by atoms with Gasteiger partial charge in [0.05, 0.1) is 25.9 Å². The highest BCUT2D eigenvalue weighted by atomic mass is 31.2. The number of hydrogen-bond donors (Lipinski definition) is 4. The van der Waals surface area contributed by atoms with E-state index in [9.17, 15) is 14.6 Å². The molecule has 3 fully saturated rings. The molecule has 4 aromatic heterocycles. The van der Waals surface area contributed by atoms with Gasteiger partial charge < -0.3 is 35.7 Å². The summed E-state index contributed by atoms with van der Waals surface area (Å²) >= 11 is 0. The normalized spacial score (nSPS) is 37.5. The Balaban J connectivity index is 1.18. The fourth-order valence-electron chi connectivity index (χ4n) is 5.31. The van der Waals surface area contributed by atoms with Gasteiger partial charge in [-0.2, -0.15) is 0 Å². The first-order valence-corrected chi connectivity index (χ1v) is 14.0. The molecule has 0 aromatic carbocycles. The Morgan fingerprint density at radius 3 is 2.10 bits per heavy atom. The fraction of sp³-hybridized carbons (Fsp3) is 0.524. The van der Waals surface area contributed by atoms with Crippen LogP contribution in [0, 0.1) is 0 Å². The molecule has 0 saturated carbocycles. The lowest BCUT2D eigenvalue weighted by atomic mass is 10.1. The Morgan fingerprint density at radius 2 is 1.45 bits per heavy atom. The van der Waals surface area contributed by atoms with E-state index in [1.807, 2.05) is 0 Å². The molecular formula is C21H23F2N10O8P. The number of anilines is 2. The predicted octanol–water partition coefficient (Wildman–Crippen LogP) is -0.436. The monoisotopic (exact) mass is 612 g/mol. The molecule has 10 atom stereocenters. The van der Waals surface area contributed by atoms with Crippen LogP contribution in [-0.2, 0) is 27.8 Å². The van der Waals surface area contributed by atoms with Gasteiger partial charge in [-0.05, 0) is 0 Å². The molecule has 42 heavy (non-hydrogen) atoms. The van der Waals surface area contributed by atoms with E-state index in [2.05, 4.69) is 29.9 Å². The van der Waals surface area contributed by atoms with Gasteiger partial charge in [0.1, 0.15) is 54.2 Å². The fourth-order valence-corrected chi connectivity index (χ4v) is 6.24. The topological polar surface area (TPSA) is 243 Å². The molecule has 0 spiro atoms. The van der Waals surface area contributed by atoms with Crippen molar-refractivity contribution in [3.63, 3.8) is 0 Å². The lowest BCUT2D eigenvalue weighted by molar-refractivity contribution is -0.120. The average molecular weight is 612 g/mol. The molecule has 10 unspecified atom stereocenters. The first-order chi connectivity index (χ1) is 20.1. The lowest BCUT2D eigenvalue weighted by Gasteiger charge is -2.26. The van der Waals surface area contributed by atoms with Gasteiger partial charge in [-0.1, -0.05) is 0 Å². The summed E-state index contributed by atoms with van der Waals surface area (Å²) in [7, 11) is -5.05. The van der Waals surface area contributed by atoms with Gasteiger partial charge in [0, 0.05) is 0 Å². The average Bonchev–Trinajstić information content (AvgIpc) is 3.71. The van der Waals surface area contributed by atoms with Crippen LogP contribution in [-0.4, -0.2) is 105 Å². The Kier molecular flexibility index (Phi) is 6.55. The van der Waals surface area contributed by atoms with Crippen LogP contribution in [0.2, 0.25) is 0 Å². The summed E-state index contributed by atoms with van der Waals surface area (Å²) in [5, 5.41) is 10.9. The summed E-state index contributed by atoms with van der Waals surface area (Å²) in [6.07, 6.45) is -9.94. The number of phosphoric ester groups is 1. The first kappa shape index (κ1) is 27.3. The van der Waals surface area contributed by atoms with Crippen LogP contribution >= 0.6 is 7.82 Å². The maximum absolute atomic E-state index is 15.8. The molecule has 7 rings (SSSR count). The van der Waals surface area contributed by atoms with Crippen molar-refractivity contribution in [1.82, 2.24) is 39.0 Å². The molecule has 21 heteroatoms. The molecule has 0 aliphatic carbocycles. The summed E-state index contributed by atoms with van der Waals surface area (Å²) < 4.78 is 74.7. The van der Waals surface area contributed by atoms with E-state index in [0.29, 0.717) is 0 Å². The minimum absolute atomic E-state index is 0.0308. The Bertz CT molecular complexity index is 1700. The molecule has 224 valence electrons. The quantitative estimate of drug-likeness (QED) is 0.210. The Morgan fingerprint density at radius 1 is 0.833 bits per heavy atom. The number of aliphatic hydroxyl groups excluding tert-OH is 1. The van der Waals surface area contributed by atoms with Crippen molar-refractivity contribution in [2.24, 2.45) is 0 Å². The van der Waals surface area contributed by atoms with Gasteiger partial charge in [-0.15, -0.1) is 0 Å². The van der Waals surface area contributed by atoms with E-state index in [4.69, 9.17) is 34.7 Å². The number of fused-ring (bicyclic) bond motifs is 5. The number of aromatic nitrogens is 8.